The van der Waals surface area contributed by atoms with E-state index in [9.17, 15) is 0 Å². The molecule has 3 rings (SSSR count). The summed E-state index contributed by atoms with van der Waals surface area (Å²) in [5.74, 6) is 0.668. The minimum absolute atomic E-state index is 0.516. The van der Waals surface area contributed by atoms with Crippen LogP contribution in [-0.4, -0.2) is 18.1 Å². The SMILES string of the molecule is CC1NCc2nc(C3CCCNC3)sc21. The van der Waals surface area contributed by atoms with E-state index < -0.39 is 0 Å². The Balaban J connectivity index is 1.84. The number of nitrogens with one attached hydrogen (secondary N) is 2. The standard InChI is InChI=1S/C11H17N3S/c1-7-10-9(6-13-7)14-11(15-10)8-3-2-4-12-5-8/h7-8,12-13H,2-6H2,1H3. The van der Waals surface area contributed by atoms with E-state index in [1.807, 2.05) is 11.3 Å². The summed E-state index contributed by atoms with van der Waals surface area (Å²) in [6.45, 7) is 5.49. The van der Waals surface area contributed by atoms with E-state index in [2.05, 4.69) is 17.6 Å². The van der Waals surface area contributed by atoms with Crippen LogP contribution < -0.4 is 10.6 Å². The normalized spacial score (nSPS) is 30.5. The van der Waals surface area contributed by atoms with Gasteiger partial charge in [-0.15, -0.1) is 11.3 Å². The third kappa shape index (κ3) is 1.71. The first kappa shape index (κ1) is 9.75. The Kier molecular flexibility index (Phi) is 2.50. The van der Waals surface area contributed by atoms with Gasteiger partial charge in [0.15, 0.2) is 0 Å². The zero-order chi connectivity index (χ0) is 10.3. The Bertz CT molecular complexity index is 355. The Morgan fingerprint density at radius 1 is 1.47 bits per heavy atom. The average Bonchev–Trinajstić information content (AvgIpc) is 2.83. The average molecular weight is 223 g/mol. The second-order valence-corrected chi connectivity index (χ2v) is 5.57. The van der Waals surface area contributed by atoms with Gasteiger partial charge in [-0.1, -0.05) is 0 Å². The van der Waals surface area contributed by atoms with Gasteiger partial charge < -0.3 is 10.6 Å². The number of piperidine rings is 1. The number of hydrogen-bond acceptors (Lipinski definition) is 4. The van der Waals surface area contributed by atoms with E-state index in [0.29, 0.717) is 12.0 Å². The topological polar surface area (TPSA) is 37.0 Å². The molecule has 1 saturated heterocycles. The van der Waals surface area contributed by atoms with Gasteiger partial charge in [-0.25, -0.2) is 4.98 Å². The first-order chi connectivity index (χ1) is 7.34. The quantitative estimate of drug-likeness (QED) is 0.762. The molecule has 0 bridgehead atoms. The zero-order valence-corrected chi connectivity index (χ0v) is 9.86. The molecular formula is C11H17N3S. The lowest BCUT2D eigenvalue weighted by molar-refractivity contribution is 0.459. The zero-order valence-electron chi connectivity index (χ0n) is 9.05. The van der Waals surface area contributed by atoms with E-state index in [1.165, 1.54) is 35.0 Å². The fourth-order valence-electron chi connectivity index (χ4n) is 2.43. The van der Waals surface area contributed by atoms with E-state index >= 15 is 0 Å². The summed E-state index contributed by atoms with van der Waals surface area (Å²) in [4.78, 5) is 6.25. The second-order valence-electron chi connectivity index (χ2n) is 4.51. The summed E-state index contributed by atoms with van der Waals surface area (Å²) >= 11 is 1.92. The highest BCUT2D eigenvalue weighted by molar-refractivity contribution is 7.12. The summed E-state index contributed by atoms with van der Waals surface area (Å²) in [7, 11) is 0. The monoisotopic (exact) mass is 223 g/mol. The highest BCUT2D eigenvalue weighted by Gasteiger charge is 2.26. The number of fused-ring (bicyclic) bond motifs is 1. The molecule has 2 unspecified atom stereocenters. The van der Waals surface area contributed by atoms with E-state index in [4.69, 9.17) is 4.98 Å². The van der Waals surface area contributed by atoms with Crippen molar-refractivity contribution >= 4 is 11.3 Å². The molecule has 0 spiro atoms. The molecule has 82 valence electrons. The van der Waals surface area contributed by atoms with Crippen LogP contribution in [0.2, 0.25) is 0 Å². The maximum absolute atomic E-state index is 4.78. The minimum Gasteiger partial charge on any atom is -0.316 e. The Morgan fingerprint density at radius 2 is 2.40 bits per heavy atom. The van der Waals surface area contributed by atoms with Gasteiger partial charge in [0.1, 0.15) is 0 Å². The van der Waals surface area contributed by atoms with Gasteiger partial charge in [-0.3, -0.25) is 0 Å². The molecule has 0 saturated carbocycles. The number of aromatic nitrogens is 1. The molecule has 3 heterocycles. The number of thiazole rings is 1. The number of hydrogen-bond donors (Lipinski definition) is 2. The molecule has 15 heavy (non-hydrogen) atoms. The molecule has 2 aliphatic rings. The molecule has 0 aliphatic carbocycles. The van der Waals surface area contributed by atoms with Crippen LogP contribution in [0.15, 0.2) is 0 Å². The van der Waals surface area contributed by atoms with Crippen molar-refractivity contribution in [2.75, 3.05) is 13.1 Å². The third-order valence-electron chi connectivity index (χ3n) is 3.36. The largest absolute Gasteiger partial charge is 0.316 e. The third-order valence-corrected chi connectivity index (χ3v) is 4.80. The highest BCUT2D eigenvalue weighted by atomic mass is 32.1. The van der Waals surface area contributed by atoms with Gasteiger partial charge in [0, 0.05) is 29.9 Å². The fourth-order valence-corrected chi connectivity index (χ4v) is 3.67. The lowest BCUT2D eigenvalue weighted by atomic mass is 10.0. The summed E-state index contributed by atoms with van der Waals surface area (Å²) in [5.41, 5.74) is 1.30. The van der Waals surface area contributed by atoms with Crippen LogP contribution in [0.4, 0.5) is 0 Å². The number of rotatable bonds is 1. The maximum Gasteiger partial charge on any atom is 0.0975 e. The maximum atomic E-state index is 4.78. The predicted molar refractivity (Wildman–Crippen MR) is 62.2 cm³/mol. The van der Waals surface area contributed by atoms with Gasteiger partial charge in [0.05, 0.1) is 10.7 Å². The van der Waals surface area contributed by atoms with E-state index in [-0.39, 0.29) is 0 Å². The molecule has 1 fully saturated rings. The van der Waals surface area contributed by atoms with Crippen LogP contribution in [0.5, 0.6) is 0 Å². The molecular weight excluding hydrogens is 206 g/mol. The summed E-state index contributed by atoms with van der Waals surface area (Å²) in [6, 6.07) is 0.516. The Labute approximate surface area is 94.3 Å². The van der Waals surface area contributed by atoms with E-state index in [0.717, 1.165) is 13.1 Å². The molecule has 4 heteroatoms. The van der Waals surface area contributed by atoms with E-state index in [1.54, 1.807) is 0 Å². The fraction of sp³-hybridized carbons (Fsp3) is 0.727. The molecule has 0 amide bonds. The molecule has 0 radical (unpaired) electrons. The molecule has 3 nitrogen and oxygen atoms in total. The molecule has 1 aromatic heterocycles. The van der Waals surface area contributed by atoms with Gasteiger partial charge in [-0.05, 0) is 26.3 Å². The van der Waals surface area contributed by atoms with Crippen molar-refractivity contribution in [3.63, 3.8) is 0 Å². The molecule has 1 aromatic rings. The van der Waals surface area contributed by atoms with Crippen LogP contribution in [-0.2, 0) is 6.54 Å². The van der Waals surface area contributed by atoms with Crippen molar-refractivity contribution < 1.29 is 0 Å². The second kappa shape index (κ2) is 3.85. The molecule has 2 N–H and O–H groups in total. The van der Waals surface area contributed by atoms with Crippen molar-refractivity contribution in [2.45, 2.75) is 38.3 Å². The highest BCUT2D eigenvalue weighted by Crippen LogP contribution is 2.35. The van der Waals surface area contributed by atoms with Crippen molar-refractivity contribution in [2.24, 2.45) is 0 Å². The molecule has 2 aliphatic heterocycles. The smallest absolute Gasteiger partial charge is 0.0975 e. The van der Waals surface area contributed by atoms with Crippen LogP contribution in [0.3, 0.4) is 0 Å². The first-order valence-corrected chi connectivity index (χ1v) is 6.60. The Hall–Kier alpha value is -0.450. The summed E-state index contributed by atoms with van der Waals surface area (Å²) < 4.78 is 0. The van der Waals surface area contributed by atoms with Crippen LogP contribution >= 0.6 is 11.3 Å². The van der Waals surface area contributed by atoms with Crippen molar-refractivity contribution in [1.29, 1.82) is 0 Å². The lowest BCUT2D eigenvalue weighted by Gasteiger charge is -2.20. The number of nitrogens with zero attached hydrogens (tertiary/aromatic N) is 1. The lowest BCUT2D eigenvalue weighted by Crippen LogP contribution is -2.28. The summed E-state index contributed by atoms with van der Waals surface area (Å²) in [6.07, 6.45) is 2.60. The minimum atomic E-state index is 0.516. The van der Waals surface area contributed by atoms with Crippen molar-refractivity contribution in [1.82, 2.24) is 15.6 Å². The van der Waals surface area contributed by atoms with Crippen LogP contribution in [0, 0.1) is 0 Å². The van der Waals surface area contributed by atoms with Crippen LogP contribution in [0.25, 0.3) is 0 Å². The molecule has 2 atom stereocenters. The Morgan fingerprint density at radius 3 is 3.13 bits per heavy atom. The first-order valence-electron chi connectivity index (χ1n) is 5.78. The van der Waals surface area contributed by atoms with Gasteiger partial charge in [0.2, 0.25) is 0 Å². The predicted octanol–water partition coefficient (Wildman–Crippen LogP) is 1.77. The van der Waals surface area contributed by atoms with Gasteiger partial charge in [-0.2, -0.15) is 0 Å². The van der Waals surface area contributed by atoms with Gasteiger partial charge in [0.25, 0.3) is 0 Å². The van der Waals surface area contributed by atoms with Gasteiger partial charge >= 0.3 is 0 Å². The van der Waals surface area contributed by atoms with Crippen LogP contribution in [0.1, 0.15) is 47.3 Å². The van der Waals surface area contributed by atoms with Crippen molar-refractivity contribution in [3.8, 4) is 0 Å². The molecule has 0 aromatic carbocycles. The summed E-state index contributed by atoms with van der Waals surface area (Å²) in [5, 5.41) is 8.25. The van der Waals surface area contributed by atoms with Crippen molar-refractivity contribution in [3.05, 3.63) is 15.6 Å².